The van der Waals surface area contributed by atoms with E-state index in [1.54, 1.807) is 18.2 Å². The van der Waals surface area contributed by atoms with Gasteiger partial charge >= 0.3 is 5.97 Å². The van der Waals surface area contributed by atoms with Crippen molar-refractivity contribution in [2.75, 3.05) is 24.7 Å². The second-order valence-electron chi connectivity index (χ2n) is 5.31. The van der Waals surface area contributed by atoms with Gasteiger partial charge in [0.2, 0.25) is 0 Å². The van der Waals surface area contributed by atoms with Crippen LogP contribution in [0.3, 0.4) is 0 Å². The SMILES string of the molecule is CC(C)COC(=O)CN1C(=O)COc2cc(CO)ccc21. The first-order valence-corrected chi connectivity index (χ1v) is 6.84. The number of rotatable bonds is 5. The summed E-state index contributed by atoms with van der Waals surface area (Å²) >= 11 is 0. The van der Waals surface area contributed by atoms with Crippen molar-refractivity contribution in [3.05, 3.63) is 23.8 Å². The predicted octanol–water partition coefficient (Wildman–Crippen LogP) is 1.10. The Hall–Kier alpha value is -2.08. The molecule has 0 aliphatic carbocycles. The molecule has 21 heavy (non-hydrogen) atoms. The highest BCUT2D eigenvalue weighted by Crippen LogP contribution is 2.32. The fraction of sp³-hybridized carbons (Fsp3) is 0.467. The molecule has 1 amide bonds. The average Bonchev–Trinajstić information content (AvgIpc) is 2.47. The molecule has 0 bridgehead atoms. The lowest BCUT2D eigenvalue weighted by Gasteiger charge is -2.29. The Morgan fingerprint density at radius 3 is 2.90 bits per heavy atom. The summed E-state index contributed by atoms with van der Waals surface area (Å²) in [5.41, 5.74) is 1.20. The number of esters is 1. The summed E-state index contributed by atoms with van der Waals surface area (Å²) in [4.78, 5) is 25.1. The lowest BCUT2D eigenvalue weighted by molar-refractivity contribution is -0.144. The predicted molar refractivity (Wildman–Crippen MR) is 76.0 cm³/mol. The van der Waals surface area contributed by atoms with Crippen molar-refractivity contribution in [2.45, 2.75) is 20.5 Å². The Morgan fingerprint density at radius 2 is 2.24 bits per heavy atom. The van der Waals surface area contributed by atoms with Crippen molar-refractivity contribution in [3.8, 4) is 5.75 Å². The van der Waals surface area contributed by atoms with Crippen LogP contribution in [0.25, 0.3) is 0 Å². The molecule has 0 radical (unpaired) electrons. The van der Waals surface area contributed by atoms with E-state index >= 15 is 0 Å². The number of hydrogen-bond donors (Lipinski definition) is 1. The Kier molecular flexibility index (Phi) is 4.80. The van der Waals surface area contributed by atoms with Gasteiger partial charge in [0, 0.05) is 0 Å². The number of fused-ring (bicyclic) bond motifs is 1. The van der Waals surface area contributed by atoms with Crippen LogP contribution in [0.4, 0.5) is 5.69 Å². The zero-order chi connectivity index (χ0) is 15.4. The molecule has 6 heteroatoms. The molecule has 0 atom stereocenters. The molecule has 1 N–H and O–H groups in total. The monoisotopic (exact) mass is 293 g/mol. The first kappa shape index (κ1) is 15.3. The number of carbonyl (C=O) groups excluding carboxylic acids is 2. The zero-order valence-electron chi connectivity index (χ0n) is 12.2. The van der Waals surface area contributed by atoms with Gasteiger partial charge in [-0.15, -0.1) is 0 Å². The summed E-state index contributed by atoms with van der Waals surface area (Å²) in [5.74, 6) is -0.0107. The normalized spacial score (nSPS) is 13.9. The van der Waals surface area contributed by atoms with Crippen LogP contribution in [0.2, 0.25) is 0 Å². The maximum Gasteiger partial charge on any atom is 0.326 e. The summed E-state index contributed by atoms with van der Waals surface area (Å²) in [5, 5.41) is 9.11. The zero-order valence-corrected chi connectivity index (χ0v) is 12.2. The van der Waals surface area contributed by atoms with E-state index in [0.29, 0.717) is 23.6 Å². The van der Waals surface area contributed by atoms with Gasteiger partial charge in [-0.3, -0.25) is 14.5 Å². The van der Waals surface area contributed by atoms with Gasteiger partial charge in [0.15, 0.2) is 6.61 Å². The molecule has 2 rings (SSSR count). The lowest BCUT2D eigenvalue weighted by Crippen LogP contribution is -2.42. The van der Waals surface area contributed by atoms with Gasteiger partial charge in [0.1, 0.15) is 12.3 Å². The van der Waals surface area contributed by atoms with E-state index in [2.05, 4.69) is 0 Å². The van der Waals surface area contributed by atoms with E-state index in [0.717, 1.165) is 0 Å². The number of aliphatic hydroxyl groups is 1. The molecular weight excluding hydrogens is 274 g/mol. The second kappa shape index (κ2) is 6.58. The van der Waals surface area contributed by atoms with E-state index in [4.69, 9.17) is 14.6 Å². The molecule has 6 nitrogen and oxygen atoms in total. The molecule has 1 aliphatic heterocycles. The van der Waals surface area contributed by atoms with Crippen molar-refractivity contribution in [1.82, 2.24) is 0 Å². The maximum absolute atomic E-state index is 11.9. The van der Waals surface area contributed by atoms with Crippen molar-refractivity contribution >= 4 is 17.6 Å². The second-order valence-corrected chi connectivity index (χ2v) is 5.31. The van der Waals surface area contributed by atoms with Gasteiger partial charge in [-0.2, -0.15) is 0 Å². The smallest absolute Gasteiger partial charge is 0.326 e. The molecule has 0 saturated heterocycles. The highest BCUT2D eigenvalue weighted by molar-refractivity contribution is 6.01. The number of ether oxygens (including phenoxy) is 2. The molecule has 1 aliphatic rings. The van der Waals surface area contributed by atoms with Gasteiger partial charge in [0.25, 0.3) is 5.91 Å². The highest BCUT2D eigenvalue weighted by Gasteiger charge is 2.28. The molecule has 0 saturated carbocycles. The fourth-order valence-electron chi connectivity index (χ4n) is 1.95. The minimum absolute atomic E-state index is 0.110. The molecule has 114 valence electrons. The Balaban J connectivity index is 2.13. The van der Waals surface area contributed by atoms with Crippen molar-refractivity contribution in [2.24, 2.45) is 5.92 Å². The van der Waals surface area contributed by atoms with Gasteiger partial charge in [-0.25, -0.2) is 0 Å². The van der Waals surface area contributed by atoms with Crippen molar-refractivity contribution in [3.63, 3.8) is 0 Å². The first-order valence-electron chi connectivity index (χ1n) is 6.84. The van der Waals surface area contributed by atoms with Crippen LogP contribution in [-0.4, -0.2) is 36.7 Å². The van der Waals surface area contributed by atoms with Crippen LogP contribution >= 0.6 is 0 Å². The minimum atomic E-state index is -0.448. The maximum atomic E-state index is 11.9. The number of amides is 1. The number of carbonyl (C=O) groups is 2. The largest absolute Gasteiger partial charge is 0.482 e. The molecule has 0 spiro atoms. The summed E-state index contributed by atoms with van der Waals surface area (Å²) in [6, 6.07) is 5.01. The minimum Gasteiger partial charge on any atom is -0.482 e. The number of nitrogens with zero attached hydrogens (tertiary/aromatic N) is 1. The molecular formula is C15H19NO5. The van der Waals surface area contributed by atoms with E-state index in [1.807, 2.05) is 13.8 Å². The highest BCUT2D eigenvalue weighted by atomic mass is 16.5. The van der Waals surface area contributed by atoms with Gasteiger partial charge in [-0.05, 0) is 23.6 Å². The van der Waals surface area contributed by atoms with E-state index < -0.39 is 5.97 Å². The number of benzene rings is 1. The van der Waals surface area contributed by atoms with Gasteiger partial charge in [0.05, 0.1) is 18.9 Å². The topological polar surface area (TPSA) is 76.1 Å². The van der Waals surface area contributed by atoms with Crippen LogP contribution in [-0.2, 0) is 20.9 Å². The van der Waals surface area contributed by atoms with Gasteiger partial charge in [-0.1, -0.05) is 19.9 Å². The van der Waals surface area contributed by atoms with Crippen molar-refractivity contribution < 1.29 is 24.2 Å². The third kappa shape index (κ3) is 3.72. The van der Waals surface area contributed by atoms with E-state index in [1.165, 1.54) is 4.90 Å². The van der Waals surface area contributed by atoms with Gasteiger partial charge < -0.3 is 14.6 Å². The molecule has 0 unspecified atom stereocenters. The molecule has 0 aromatic heterocycles. The van der Waals surface area contributed by atoms with Crippen LogP contribution < -0.4 is 9.64 Å². The fourth-order valence-corrected chi connectivity index (χ4v) is 1.95. The Labute approximate surface area is 123 Å². The summed E-state index contributed by atoms with van der Waals surface area (Å²) in [6.45, 7) is 3.84. The average molecular weight is 293 g/mol. The third-order valence-electron chi connectivity index (χ3n) is 3.01. The van der Waals surface area contributed by atoms with E-state index in [9.17, 15) is 9.59 Å². The first-order chi connectivity index (χ1) is 10.0. The summed E-state index contributed by atoms with van der Waals surface area (Å²) < 4.78 is 10.4. The quantitative estimate of drug-likeness (QED) is 0.823. The van der Waals surface area contributed by atoms with E-state index in [-0.39, 0.29) is 31.6 Å². The summed E-state index contributed by atoms with van der Waals surface area (Å²) in [6.07, 6.45) is 0. The number of hydrogen-bond acceptors (Lipinski definition) is 5. The molecule has 1 heterocycles. The number of anilines is 1. The summed E-state index contributed by atoms with van der Waals surface area (Å²) in [7, 11) is 0. The Morgan fingerprint density at radius 1 is 1.48 bits per heavy atom. The van der Waals surface area contributed by atoms with Crippen molar-refractivity contribution in [1.29, 1.82) is 0 Å². The van der Waals surface area contributed by atoms with Crippen LogP contribution in [0.1, 0.15) is 19.4 Å². The lowest BCUT2D eigenvalue weighted by atomic mass is 10.1. The van der Waals surface area contributed by atoms with Crippen LogP contribution in [0.15, 0.2) is 18.2 Å². The Bertz CT molecular complexity index is 541. The van der Waals surface area contributed by atoms with Crippen LogP contribution in [0, 0.1) is 5.92 Å². The molecule has 0 fully saturated rings. The third-order valence-corrected chi connectivity index (χ3v) is 3.01. The number of aliphatic hydroxyl groups excluding tert-OH is 1. The molecule has 1 aromatic carbocycles. The standard InChI is InChI=1S/C15H19NO5/c1-10(2)8-21-15(19)6-16-12-4-3-11(7-17)5-13(12)20-9-14(16)18/h3-5,10,17H,6-9H2,1-2H3. The van der Waals surface area contributed by atoms with Crippen LogP contribution in [0.5, 0.6) is 5.75 Å². The molecule has 1 aromatic rings.